The van der Waals surface area contributed by atoms with E-state index in [1.54, 1.807) is 0 Å². The topological polar surface area (TPSA) is 35.5 Å². The molecule has 166 valence electrons. The van der Waals surface area contributed by atoms with Gasteiger partial charge in [-0.15, -0.1) is 0 Å². The van der Waals surface area contributed by atoms with Crippen molar-refractivity contribution in [3.8, 4) is 5.75 Å². The van der Waals surface area contributed by atoms with Gasteiger partial charge in [0, 0.05) is 11.8 Å². The largest absolute Gasteiger partial charge is 0.482 e. The molecule has 4 fully saturated rings. The number of benzene rings is 1. The molecule has 0 saturated heterocycles. The molecule has 0 aliphatic heterocycles. The minimum atomic E-state index is -0.286. The van der Waals surface area contributed by atoms with Crippen molar-refractivity contribution in [2.75, 3.05) is 6.61 Å². The third-order valence-electron chi connectivity index (χ3n) is 8.86. The van der Waals surface area contributed by atoms with Gasteiger partial charge in [0.1, 0.15) is 11.4 Å². The Labute approximate surface area is 182 Å². The first-order valence-corrected chi connectivity index (χ1v) is 12.2. The summed E-state index contributed by atoms with van der Waals surface area (Å²) in [6, 6.07) is 8.16. The Kier molecular flexibility index (Phi) is 5.94. The van der Waals surface area contributed by atoms with Gasteiger partial charge in [-0.2, -0.15) is 0 Å². The third kappa shape index (κ3) is 3.78. The van der Waals surface area contributed by atoms with Crippen LogP contribution in [0.4, 0.5) is 0 Å². The van der Waals surface area contributed by atoms with Crippen LogP contribution in [0.3, 0.4) is 0 Å². The first-order chi connectivity index (χ1) is 14.3. The van der Waals surface area contributed by atoms with Gasteiger partial charge in [0.05, 0.1) is 0 Å². The van der Waals surface area contributed by atoms with Crippen molar-refractivity contribution in [3.05, 3.63) is 29.8 Å². The van der Waals surface area contributed by atoms with Crippen molar-refractivity contribution in [1.82, 2.24) is 0 Å². The highest BCUT2D eigenvalue weighted by Crippen LogP contribution is 2.66. The first kappa shape index (κ1) is 21.7. The highest BCUT2D eigenvalue weighted by Gasteiger charge is 2.64. The molecule has 4 atom stereocenters. The standard InChI is InChI=1S/C27H40O3/c1-6-18(3)21-8-10-24(11-9-21)29-17-25(28)30-27(19(4)7-2)22-12-20-13-23(27)16-26(5,14-20)15-22/h8-11,18-20,22-23H,6-7,12-17H2,1-5H3. The van der Waals surface area contributed by atoms with Crippen molar-refractivity contribution in [2.45, 2.75) is 91.1 Å². The van der Waals surface area contributed by atoms with Gasteiger partial charge in [0.25, 0.3) is 0 Å². The first-order valence-electron chi connectivity index (χ1n) is 12.2. The molecule has 0 amide bonds. The maximum absolute atomic E-state index is 13.0. The lowest BCUT2D eigenvalue weighted by molar-refractivity contribution is -0.241. The second-order valence-corrected chi connectivity index (χ2v) is 11.0. The van der Waals surface area contributed by atoms with E-state index in [1.807, 2.05) is 12.1 Å². The van der Waals surface area contributed by atoms with Crippen LogP contribution in [0.5, 0.6) is 5.75 Å². The number of carbonyl (C=O) groups is 1. The Morgan fingerprint density at radius 2 is 1.67 bits per heavy atom. The number of esters is 1. The fourth-order valence-corrected chi connectivity index (χ4v) is 7.28. The van der Waals surface area contributed by atoms with E-state index in [0.717, 1.165) is 24.5 Å². The highest BCUT2D eigenvalue weighted by atomic mass is 16.6. The van der Waals surface area contributed by atoms with Gasteiger partial charge in [-0.3, -0.25) is 0 Å². The molecule has 4 saturated carbocycles. The number of hydrogen-bond donors (Lipinski definition) is 0. The Morgan fingerprint density at radius 3 is 2.20 bits per heavy atom. The Hall–Kier alpha value is -1.51. The molecule has 1 aromatic rings. The van der Waals surface area contributed by atoms with Crippen LogP contribution >= 0.6 is 0 Å². The molecule has 0 heterocycles. The number of ether oxygens (including phenoxy) is 2. The van der Waals surface area contributed by atoms with E-state index in [0.29, 0.717) is 29.1 Å². The molecule has 0 spiro atoms. The zero-order chi connectivity index (χ0) is 21.5. The van der Waals surface area contributed by atoms with Gasteiger partial charge in [-0.25, -0.2) is 4.79 Å². The molecule has 3 nitrogen and oxygen atoms in total. The van der Waals surface area contributed by atoms with Crippen LogP contribution in [0.2, 0.25) is 0 Å². The molecule has 0 N–H and O–H groups in total. The third-order valence-corrected chi connectivity index (χ3v) is 8.86. The highest BCUT2D eigenvalue weighted by molar-refractivity contribution is 5.72. The molecule has 30 heavy (non-hydrogen) atoms. The van der Waals surface area contributed by atoms with E-state index in [-0.39, 0.29) is 18.2 Å². The SMILES string of the molecule is CCC(C)c1ccc(OCC(=O)OC2(C(C)CC)C3CC4CC2CC(C)(C4)C3)cc1. The Bertz CT molecular complexity index is 736. The summed E-state index contributed by atoms with van der Waals surface area (Å²) in [5, 5.41) is 0. The quantitative estimate of drug-likeness (QED) is 0.443. The van der Waals surface area contributed by atoms with E-state index < -0.39 is 0 Å². The summed E-state index contributed by atoms with van der Waals surface area (Å²) in [6.45, 7) is 11.4. The maximum atomic E-state index is 13.0. The molecular weight excluding hydrogens is 372 g/mol. The van der Waals surface area contributed by atoms with Crippen molar-refractivity contribution in [1.29, 1.82) is 0 Å². The molecule has 3 heteroatoms. The van der Waals surface area contributed by atoms with Crippen molar-refractivity contribution < 1.29 is 14.3 Å². The van der Waals surface area contributed by atoms with Crippen LogP contribution in [-0.2, 0) is 9.53 Å². The normalized spacial score (nSPS) is 36.4. The van der Waals surface area contributed by atoms with Crippen LogP contribution in [0.25, 0.3) is 0 Å². The summed E-state index contributed by atoms with van der Waals surface area (Å²) < 4.78 is 12.3. The zero-order valence-corrected chi connectivity index (χ0v) is 19.6. The second kappa shape index (κ2) is 8.20. The minimum absolute atomic E-state index is 0.000991. The van der Waals surface area contributed by atoms with Crippen molar-refractivity contribution in [3.63, 3.8) is 0 Å². The molecule has 1 aromatic carbocycles. The van der Waals surface area contributed by atoms with E-state index in [2.05, 4.69) is 46.8 Å². The summed E-state index contributed by atoms with van der Waals surface area (Å²) in [7, 11) is 0. The average Bonchev–Trinajstić information content (AvgIpc) is 2.73. The summed E-state index contributed by atoms with van der Waals surface area (Å²) in [5.74, 6) is 3.36. The van der Waals surface area contributed by atoms with E-state index in [1.165, 1.54) is 37.7 Å². The summed E-state index contributed by atoms with van der Waals surface area (Å²) in [5.41, 5.74) is 1.49. The summed E-state index contributed by atoms with van der Waals surface area (Å²) in [6.07, 6.45) is 8.46. The fraction of sp³-hybridized carbons (Fsp3) is 0.741. The van der Waals surface area contributed by atoms with Crippen LogP contribution < -0.4 is 4.74 Å². The molecule has 0 radical (unpaired) electrons. The smallest absolute Gasteiger partial charge is 0.344 e. The molecule has 4 aliphatic rings. The van der Waals surface area contributed by atoms with Crippen LogP contribution in [0.15, 0.2) is 24.3 Å². The number of carbonyl (C=O) groups excluding carboxylic acids is 1. The van der Waals surface area contributed by atoms with Crippen LogP contribution in [-0.4, -0.2) is 18.2 Å². The lowest BCUT2D eigenvalue weighted by Crippen LogP contribution is -2.65. The monoisotopic (exact) mass is 412 g/mol. The zero-order valence-electron chi connectivity index (χ0n) is 19.6. The van der Waals surface area contributed by atoms with Crippen molar-refractivity contribution in [2.24, 2.45) is 29.1 Å². The Balaban J connectivity index is 1.44. The van der Waals surface area contributed by atoms with E-state index in [4.69, 9.17) is 9.47 Å². The van der Waals surface area contributed by atoms with Gasteiger partial charge in [-0.1, -0.05) is 46.8 Å². The lowest BCUT2D eigenvalue weighted by Gasteiger charge is -2.65. The Morgan fingerprint density at radius 1 is 1.03 bits per heavy atom. The van der Waals surface area contributed by atoms with Gasteiger partial charge in [0.15, 0.2) is 6.61 Å². The second-order valence-electron chi connectivity index (χ2n) is 11.0. The average molecular weight is 413 g/mol. The van der Waals surface area contributed by atoms with Gasteiger partial charge >= 0.3 is 5.97 Å². The summed E-state index contributed by atoms with van der Waals surface area (Å²) in [4.78, 5) is 13.0. The molecule has 5 rings (SSSR count). The molecular formula is C27H40O3. The minimum Gasteiger partial charge on any atom is -0.482 e. The summed E-state index contributed by atoms with van der Waals surface area (Å²) >= 11 is 0. The predicted octanol–water partition coefficient (Wildman–Crippen LogP) is 6.75. The predicted molar refractivity (Wildman–Crippen MR) is 121 cm³/mol. The van der Waals surface area contributed by atoms with Crippen LogP contribution in [0, 0.1) is 29.1 Å². The molecule has 0 aromatic heterocycles. The molecule has 4 aliphatic carbocycles. The van der Waals surface area contributed by atoms with Crippen molar-refractivity contribution >= 4 is 5.97 Å². The number of hydrogen-bond acceptors (Lipinski definition) is 3. The van der Waals surface area contributed by atoms with Gasteiger partial charge in [-0.05, 0) is 85.8 Å². The van der Waals surface area contributed by atoms with Gasteiger partial charge in [0.2, 0.25) is 0 Å². The van der Waals surface area contributed by atoms with Gasteiger partial charge < -0.3 is 9.47 Å². The molecule has 4 unspecified atom stereocenters. The lowest BCUT2D eigenvalue weighted by atomic mass is 9.43. The van der Waals surface area contributed by atoms with E-state index in [9.17, 15) is 4.79 Å². The fourth-order valence-electron chi connectivity index (χ4n) is 7.28. The maximum Gasteiger partial charge on any atom is 0.344 e. The number of rotatable bonds is 8. The molecule has 4 bridgehead atoms. The van der Waals surface area contributed by atoms with E-state index >= 15 is 0 Å². The van der Waals surface area contributed by atoms with Crippen LogP contribution in [0.1, 0.15) is 91.0 Å².